The van der Waals surface area contributed by atoms with Crippen LogP contribution in [-0.2, 0) is 57.0 Å². The second-order valence-corrected chi connectivity index (χ2v) is 21.2. The summed E-state index contributed by atoms with van der Waals surface area (Å²) in [6.07, 6.45) is -11.6. The normalized spacial score (nSPS) is 42.5. The van der Waals surface area contributed by atoms with Crippen LogP contribution in [0.1, 0.15) is 108 Å². The molecule has 18 atom stereocenters. The van der Waals surface area contributed by atoms with Crippen molar-refractivity contribution in [2.24, 2.45) is 23.7 Å². The lowest BCUT2D eigenvalue weighted by atomic mass is 9.74. The van der Waals surface area contributed by atoms with E-state index in [-0.39, 0.29) is 25.3 Å². The van der Waals surface area contributed by atoms with E-state index in [9.17, 15) is 34.5 Å². The van der Waals surface area contributed by atoms with E-state index in [0.717, 1.165) is 0 Å². The van der Waals surface area contributed by atoms with Crippen LogP contribution in [0.25, 0.3) is 0 Å². The molecule has 3 saturated heterocycles. The maximum atomic E-state index is 14.5. The van der Waals surface area contributed by atoms with Crippen molar-refractivity contribution in [2.75, 3.05) is 27.8 Å². The SMILES string of the molecule is CCC[C@H]1OC(=O)[C@H](C)[C@@H](OC2CC(C)(OC)C(OC(=O)OCC(Cl)(Cl)Cl)C(C)O2)[C@H](C)[C@@H](OC2OC(C)CC(N(C)C)C2OC(C)=O)[C@](C)(O)C[C@@H](C)C(=O)[C@H](C)[C@@H](O)[C@]1(C)O. The molecule has 63 heavy (non-hydrogen) atoms. The van der Waals surface area contributed by atoms with Crippen molar-refractivity contribution in [1.29, 1.82) is 0 Å². The average molecular weight is 965 g/mol. The van der Waals surface area contributed by atoms with E-state index < -0.39 is 136 Å². The number of rotatable bonds is 11. The van der Waals surface area contributed by atoms with Gasteiger partial charge in [-0.25, -0.2) is 4.79 Å². The van der Waals surface area contributed by atoms with Gasteiger partial charge < -0.3 is 62.9 Å². The number of esters is 2. The van der Waals surface area contributed by atoms with Crippen LogP contribution in [0.4, 0.5) is 4.79 Å². The number of hydrogen-bond donors (Lipinski definition) is 3. The number of hydrogen-bond acceptors (Lipinski definition) is 17. The Morgan fingerprint density at radius 1 is 0.905 bits per heavy atom. The van der Waals surface area contributed by atoms with Gasteiger partial charge in [0.15, 0.2) is 24.8 Å². The van der Waals surface area contributed by atoms with Crippen LogP contribution in [-0.4, -0.2) is 160 Å². The summed E-state index contributed by atoms with van der Waals surface area (Å²) in [6, 6.07) is -0.368. The first kappa shape index (κ1) is 55.7. The molecule has 3 aliphatic heterocycles. The number of ketones is 1. The largest absolute Gasteiger partial charge is 0.508 e. The number of alkyl halides is 3. The molecule has 3 fully saturated rings. The Morgan fingerprint density at radius 2 is 1.52 bits per heavy atom. The summed E-state index contributed by atoms with van der Waals surface area (Å²) in [5, 5.41) is 36.1. The summed E-state index contributed by atoms with van der Waals surface area (Å²) in [6.45, 7) is 16.8. The molecule has 0 aromatic heterocycles. The van der Waals surface area contributed by atoms with E-state index in [1.54, 1.807) is 34.6 Å². The highest BCUT2D eigenvalue weighted by Crippen LogP contribution is 2.42. The van der Waals surface area contributed by atoms with Crippen molar-refractivity contribution >= 4 is 58.7 Å². The molecule has 0 aromatic rings. The fraction of sp³-hybridized carbons (Fsp3) is 0.907. The van der Waals surface area contributed by atoms with E-state index in [1.807, 2.05) is 32.8 Å². The van der Waals surface area contributed by atoms with E-state index >= 15 is 0 Å². The van der Waals surface area contributed by atoms with Crippen LogP contribution in [0.3, 0.4) is 0 Å². The molecule has 3 aliphatic rings. The maximum absolute atomic E-state index is 14.5. The zero-order valence-corrected chi connectivity index (χ0v) is 41.4. The Morgan fingerprint density at radius 3 is 2.06 bits per heavy atom. The number of halogens is 3. The minimum Gasteiger partial charge on any atom is -0.459 e. The molecular formula is C43H72Cl3NO16. The molecule has 3 N–H and O–H groups in total. The zero-order valence-electron chi connectivity index (χ0n) is 39.1. The van der Waals surface area contributed by atoms with Gasteiger partial charge in [-0.3, -0.25) is 14.4 Å². The third-order valence-corrected chi connectivity index (χ3v) is 13.1. The quantitative estimate of drug-likeness (QED) is 0.136. The molecular weight excluding hydrogens is 893 g/mol. The topological polar surface area (TPSA) is 215 Å². The molecule has 0 bridgehead atoms. The first-order valence-electron chi connectivity index (χ1n) is 21.7. The van der Waals surface area contributed by atoms with E-state index in [0.29, 0.717) is 12.8 Å². The van der Waals surface area contributed by atoms with Gasteiger partial charge in [0, 0.05) is 38.2 Å². The van der Waals surface area contributed by atoms with Crippen molar-refractivity contribution in [2.45, 2.75) is 196 Å². The standard InChI is InChI=1S/C43H72Cl3NO16/c1-15-16-29-42(11,54)34(50)23(4)31(49)21(2)18-40(9,53)35(62-38-33(59-27(8)48)28(47(12)13)17-22(3)57-38)24(5)32(25(6)37(51)60-29)61-30-19-41(10,55-14)36(26(7)58-30)63-39(52)56-20-43(44,45)46/h21-26,28-30,32-36,38,50,53-54H,15-20H2,1-14H3/t21-,22?,23+,24+,25-,26?,28?,29-,30?,32+,33?,34-,35-,36?,38?,40-,41?,42-/m1/s1. The lowest BCUT2D eigenvalue weighted by Gasteiger charge is -2.49. The molecule has 0 amide bonds. The number of ether oxygens (including phenoxy) is 9. The third kappa shape index (κ3) is 14.2. The summed E-state index contributed by atoms with van der Waals surface area (Å²) >= 11 is 17.3. The Bertz CT molecular complexity index is 1550. The van der Waals surface area contributed by atoms with Crippen LogP contribution in [0, 0.1) is 23.7 Å². The van der Waals surface area contributed by atoms with Gasteiger partial charge in [0.2, 0.25) is 3.79 Å². The number of Topliss-reactive ketones (excluding diaryl/α,β-unsaturated/α-hetero) is 1. The van der Waals surface area contributed by atoms with Gasteiger partial charge in [0.25, 0.3) is 0 Å². The van der Waals surface area contributed by atoms with Crippen molar-refractivity contribution in [3.8, 4) is 0 Å². The van der Waals surface area contributed by atoms with Gasteiger partial charge >= 0.3 is 18.1 Å². The van der Waals surface area contributed by atoms with Crippen molar-refractivity contribution in [3.05, 3.63) is 0 Å². The number of methoxy groups -OCH3 is 1. The van der Waals surface area contributed by atoms with Crippen LogP contribution in [0.2, 0.25) is 0 Å². The highest BCUT2D eigenvalue weighted by molar-refractivity contribution is 6.67. The zero-order chi connectivity index (χ0) is 48.2. The number of nitrogens with zero attached hydrogens (tertiary/aromatic N) is 1. The van der Waals surface area contributed by atoms with Crippen LogP contribution in [0.5, 0.6) is 0 Å². The lowest BCUT2D eigenvalue weighted by molar-refractivity contribution is -0.319. The van der Waals surface area contributed by atoms with Gasteiger partial charge in [0.05, 0.1) is 48.1 Å². The molecule has 366 valence electrons. The fourth-order valence-electron chi connectivity index (χ4n) is 9.32. The number of aliphatic hydroxyl groups excluding tert-OH is 1. The Labute approximate surface area is 387 Å². The number of likely N-dealkylation sites (N-methyl/N-ethyl adjacent to an activating group) is 1. The van der Waals surface area contributed by atoms with Crippen LogP contribution >= 0.6 is 34.8 Å². The number of cyclic esters (lactones) is 1. The van der Waals surface area contributed by atoms with Gasteiger partial charge in [0.1, 0.15) is 29.7 Å². The van der Waals surface area contributed by atoms with E-state index in [1.165, 1.54) is 34.8 Å². The lowest BCUT2D eigenvalue weighted by Crippen LogP contribution is -2.62. The van der Waals surface area contributed by atoms with Gasteiger partial charge in [-0.1, -0.05) is 68.9 Å². The average Bonchev–Trinajstić information content (AvgIpc) is 3.17. The predicted molar refractivity (Wildman–Crippen MR) is 231 cm³/mol. The van der Waals surface area contributed by atoms with Crippen LogP contribution in [0.15, 0.2) is 0 Å². The Balaban J connectivity index is 2.21. The minimum atomic E-state index is -2.07. The van der Waals surface area contributed by atoms with Crippen LogP contribution < -0.4 is 0 Å². The fourth-order valence-corrected chi connectivity index (χ4v) is 9.48. The minimum absolute atomic E-state index is 0.0752. The number of carbonyl (C=O) groups excluding carboxylic acids is 4. The van der Waals surface area contributed by atoms with Crippen molar-refractivity contribution < 1.29 is 77.1 Å². The Hall–Kier alpha value is -1.61. The summed E-state index contributed by atoms with van der Waals surface area (Å²) in [5.74, 6) is -6.08. The second kappa shape index (κ2) is 22.5. The molecule has 0 aromatic carbocycles. The first-order valence-corrected chi connectivity index (χ1v) is 22.8. The molecule has 0 saturated carbocycles. The molecule has 0 radical (unpaired) electrons. The van der Waals surface area contributed by atoms with Crippen molar-refractivity contribution in [1.82, 2.24) is 4.90 Å². The van der Waals surface area contributed by atoms with Gasteiger partial charge in [-0.15, -0.1) is 0 Å². The summed E-state index contributed by atoms with van der Waals surface area (Å²) in [7, 11) is 5.08. The van der Waals surface area contributed by atoms with Gasteiger partial charge in [-0.2, -0.15) is 0 Å². The molecule has 3 rings (SSSR count). The summed E-state index contributed by atoms with van der Waals surface area (Å²) in [4.78, 5) is 55.7. The second-order valence-electron chi connectivity index (χ2n) is 18.7. The third-order valence-electron chi connectivity index (χ3n) is 12.8. The number of carbonyl (C=O) groups is 4. The molecule has 20 heteroatoms. The number of aliphatic hydroxyl groups is 3. The molecule has 8 unspecified atom stereocenters. The summed E-state index contributed by atoms with van der Waals surface area (Å²) in [5.41, 5.74) is -5.26. The first-order chi connectivity index (χ1) is 28.9. The molecule has 3 heterocycles. The highest BCUT2D eigenvalue weighted by Gasteiger charge is 2.55. The molecule has 17 nitrogen and oxygen atoms in total. The van der Waals surface area contributed by atoms with Crippen molar-refractivity contribution in [3.63, 3.8) is 0 Å². The predicted octanol–water partition coefficient (Wildman–Crippen LogP) is 5.28. The smallest absolute Gasteiger partial charge is 0.459 e. The van der Waals surface area contributed by atoms with E-state index in [4.69, 9.17) is 77.4 Å². The summed E-state index contributed by atoms with van der Waals surface area (Å²) < 4.78 is 52.8. The maximum Gasteiger partial charge on any atom is 0.508 e. The van der Waals surface area contributed by atoms with E-state index in [2.05, 4.69) is 0 Å². The monoisotopic (exact) mass is 963 g/mol. The van der Waals surface area contributed by atoms with Gasteiger partial charge in [-0.05, 0) is 74.9 Å². The highest BCUT2D eigenvalue weighted by atomic mass is 35.6. The molecule has 0 aliphatic carbocycles. The molecule has 0 spiro atoms. The Kier molecular flexibility index (Phi) is 19.9.